The summed E-state index contributed by atoms with van der Waals surface area (Å²) in [7, 11) is 0. The van der Waals surface area contributed by atoms with E-state index in [0.29, 0.717) is 5.56 Å². The van der Waals surface area contributed by atoms with E-state index < -0.39 is 0 Å². The van der Waals surface area contributed by atoms with Crippen LogP contribution in [-0.4, -0.2) is 49.1 Å². The van der Waals surface area contributed by atoms with Crippen LogP contribution in [0, 0.1) is 5.92 Å². The van der Waals surface area contributed by atoms with Crippen molar-refractivity contribution in [3.63, 3.8) is 0 Å². The van der Waals surface area contributed by atoms with Gasteiger partial charge >= 0.3 is 5.97 Å². The van der Waals surface area contributed by atoms with Crippen molar-refractivity contribution in [3.8, 4) is 0 Å². The zero-order valence-corrected chi connectivity index (χ0v) is 13.4. The summed E-state index contributed by atoms with van der Waals surface area (Å²) in [5.74, 6) is 0.113. The lowest BCUT2D eigenvalue weighted by Gasteiger charge is -2.34. The minimum atomic E-state index is -0.262. The van der Waals surface area contributed by atoms with Gasteiger partial charge in [0.05, 0.1) is 5.56 Å². The third-order valence-corrected chi connectivity index (χ3v) is 4.74. The molecule has 2 fully saturated rings. The zero-order valence-electron chi connectivity index (χ0n) is 13.4. The molecule has 0 spiro atoms. The molecule has 1 heterocycles. The molecule has 0 unspecified atom stereocenters. The number of nitrogens with zero attached hydrogens (tertiary/aromatic N) is 1. The van der Waals surface area contributed by atoms with Crippen LogP contribution >= 0.6 is 0 Å². The number of hydrogen-bond donors (Lipinski definition) is 1. The van der Waals surface area contributed by atoms with Gasteiger partial charge in [0.2, 0.25) is 5.91 Å². The maximum absolute atomic E-state index is 12.5. The molecule has 1 aromatic rings. The van der Waals surface area contributed by atoms with Crippen LogP contribution in [0.2, 0.25) is 0 Å². The first-order valence-corrected chi connectivity index (χ1v) is 8.49. The van der Waals surface area contributed by atoms with Crippen molar-refractivity contribution in [1.29, 1.82) is 0 Å². The number of carbonyl (C=O) groups is 2. The van der Waals surface area contributed by atoms with Crippen molar-refractivity contribution < 1.29 is 14.3 Å². The van der Waals surface area contributed by atoms with Crippen LogP contribution in [0.1, 0.15) is 36.0 Å². The summed E-state index contributed by atoms with van der Waals surface area (Å²) in [5.41, 5.74) is 0.589. The highest BCUT2D eigenvalue weighted by molar-refractivity contribution is 5.89. The third kappa shape index (κ3) is 4.10. The van der Waals surface area contributed by atoms with Gasteiger partial charge in [-0.15, -0.1) is 0 Å². The van der Waals surface area contributed by atoms with Gasteiger partial charge in [0, 0.05) is 32.1 Å². The Bertz CT molecular complexity index is 532. The zero-order chi connectivity index (χ0) is 16.1. The molecule has 1 saturated heterocycles. The van der Waals surface area contributed by atoms with Crippen molar-refractivity contribution in [3.05, 3.63) is 35.9 Å². The molecule has 23 heavy (non-hydrogen) atoms. The van der Waals surface area contributed by atoms with E-state index in [1.165, 1.54) is 0 Å². The number of hydrogen-bond acceptors (Lipinski definition) is 4. The molecule has 0 bridgehead atoms. The number of nitrogens with one attached hydrogen (secondary N) is 1. The lowest BCUT2D eigenvalue weighted by Crippen LogP contribution is -2.49. The molecule has 2 aliphatic rings. The maximum Gasteiger partial charge on any atom is 0.338 e. The van der Waals surface area contributed by atoms with Gasteiger partial charge in [0.25, 0.3) is 0 Å². The molecule has 124 valence electrons. The normalized spacial score (nSPS) is 25.0. The Morgan fingerprint density at radius 3 is 2.30 bits per heavy atom. The minimum Gasteiger partial charge on any atom is -0.459 e. The molecular weight excluding hydrogens is 292 g/mol. The van der Waals surface area contributed by atoms with Crippen molar-refractivity contribution in [2.75, 3.05) is 26.2 Å². The van der Waals surface area contributed by atoms with E-state index in [1.807, 2.05) is 23.1 Å². The van der Waals surface area contributed by atoms with Crippen molar-refractivity contribution in [2.24, 2.45) is 5.92 Å². The van der Waals surface area contributed by atoms with E-state index in [1.54, 1.807) is 12.1 Å². The van der Waals surface area contributed by atoms with Crippen molar-refractivity contribution >= 4 is 11.9 Å². The van der Waals surface area contributed by atoms with E-state index in [2.05, 4.69) is 5.32 Å². The molecule has 1 aliphatic heterocycles. The van der Waals surface area contributed by atoms with E-state index in [4.69, 9.17) is 4.74 Å². The molecular formula is C18H24N2O3. The average Bonchev–Trinajstić information content (AvgIpc) is 2.63. The second kappa shape index (κ2) is 7.59. The summed E-state index contributed by atoms with van der Waals surface area (Å²) in [6, 6.07) is 9.08. The molecule has 1 N–H and O–H groups in total. The summed E-state index contributed by atoms with van der Waals surface area (Å²) in [6.45, 7) is 3.38. The Morgan fingerprint density at radius 2 is 1.65 bits per heavy atom. The van der Waals surface area contributed by atoms with Gasteiger partial charge in [0.15, 0.2) is 0 Å². The van der Waals surface area contributed by atoms with E-state index in [0.717, 1.165) is 51.9 Å². The Labute approximate surface area is 137 Å². The number of benzene rings is 1. The monoisotopic (exact) mass is 316 g/mol. The molecule has 0 atom stereocenters. The number of rotatable bonds is 3. The van der Waals surface area contributed by atoms with E-state index >= 15 is 0 Å². The van der Waals surface area contributed by atoms with Gasteiger partial charge in [-0.3, -0.25) is 4.79 Å². The Balaban J connectivity index is 1.46. The van der Waals surface area contributed by atoms with Gasteiger partial charge in [-0.2, -0.15) is 0 Å². The number of ether oxygens (including phenoxy) is 1. The van der Waals surface area contributed by atoms with Gasteiger partial charge in [0.1, 0.15) is 6.10 Å². The van der Waals surface area contributed by atoms with E-state index in [-0.39, 0.29) is 23.9 Å². The maximum atomic E-state index is 12.5. The van der Waals surface area contributed by atoms with Crippen LogP contribution in [0.15, 0.2) is 30.3 Å². The fourth-order valence-electron chi connectivity index (χ4n) is 3.36. The number of carbonyl (C=O) groups excluding carboxylic acids is 2. The highest BCUT2D eigenvalue weighted by Gasteiger charge is 2.31. The van der Waals surface area contributed by atoms with Crippen LogP contribution in [0.3, 0.4) is 0 Å². The first-order valence-electron chi connectivity index (χ1n) is 8.49. The smallest absolute Gasteiger partial charge is 0.338 e. The number of piperazine rings is 1. The summed E-state index contributed by atoms with van der Waals surface area (Å²) < 4.78 is 5.58. The number of esters is 1. The van der Waals surface area contributed by atoms with Crippen LogP contribution in [-0.2, 0) is 9.53 Å². The van der Waals surface area contributed by atoms with E-state index in [9.17, 15) is 9.59 Å². The van der Waals surface area contributed by atoms with Crippen molar-refractivity contribution in [2.45, 2.75) is 31.8 Å². The lowest BCUT2D eigenvalue weighted by atomic mass is 9.86. The second-order valence-electron chi connectivity index (χ2n) is 6.32. The molecule has 1 amide bonds. The summed E-state index contributed by atoms with van der Waals surface area (Å²) in [5, 5.41) is 3.27. The summed E-state index contributed by atoms with van der Waals surface area (Å²) in [4.78, 5) is 26.5. The standard InChI is InChI=1S/C18H24N2O3/c21-17(20-12-10-19-11-13-20)14-6-8-16(9-7-14)23-18(22)15-4-2-1-3-5-15/h1-5,14,16,19H,6-13H2/t14-,16-. The molecule has 0 aromatic heterocycles. The van der Waals surface area contributed by atoms with Crippen LogP contribution in [0.4, 0.5) is 0 Å². The van der Waals surface area contributed by atoms with Crippen LogP contribution < -0.4 is 5.32 Å². The lowest BCUT2D eigenvalue weighted by molar-refractivity contribution is -0.137. The average molecular weight is 316 g/mol. The molecule has 1 aliphatic carbocycles. The van der Waals surface area contributed by atoms with Gasteiger partial charge < -0.3 is 15.0 Å². The first kappa shape index (κ1) is 16.0. The van der Waals surface area contributed by atoms with Crippen LogP contribution in [0.25, 0.3) is 0 Å². The minimum absolute atomic E-state index is 0.0604. The predicted octanol–water partition coefficient (Wildman–Crippen LogP) is 1.83. The Morgan fingerprint density at radius 1 is 1.00 bits per heavy atom. The third-order valence-electron chi connectivity index (χ3n) is 4.74. The van der Waals surface area contributed by atoms with Gasteiger partial charge in [-0.1, -0.05) is 18.2 Å². The van der Waals surface area contributed by atoms with Crippen molar-refractivity contribution in [1.82, 2.24) is 10.2 Å². The molecule has 0 radical (unpaired) electrons. The summed E-state index contributed by atoms with van der Waals surface area (Å²) in [6.07, 6.45) is 3.13. The predicted molar refractivity (Wildman–Crippen MR) is 87.1 cm³/mol. The molecule has 5 nitrogen and oxygen atoms in total. The fourth-order valence-corrected chi connectivity index (χ4v) is 3.36. The molecule has 1 aromatic carbocycles. The second-order valence-corrected chi connectivity index (χ2v) is 6.32. The summed E-state index contributed by atoms with van der Waals surface area (Å²) >= 11 is 0. The highest BCUT2D eigenvalue weighted by atomic mass is 16.5. The largest absolute Gasteiger partial charge is 0.459 e. The highest BCUT2D eigenvalue weighted by Crippen LogP contribution is 2.28. The SMILES string of the molecule is O=C(O[C@H]1CC[C@H](C(=O)N2CCNCC2)CC1)c1ccccc1. The topological polar surface area (TPSA) is 58.6 Å². The first-order chi connectivity index (χ1) is 11.2. The van der Waals surface area contributed by atoms with Crippen LogP contribution in [0.5, 0.6) is 0 Å². The Hall–Kier alpha value is -1.88. The molecule has 1 saturated carbocycles. The fraction of sp³-hybridized carbons (Fsp3) is 0.556. The molecule has 3 rings (SSSR count). The number of amides is 1. The van der Waals surface area contributed by atoms with Gasteiger partial charge in [-0.05, 0) is 37.8 Å². The molecule has 5 heteroatoms. The quantitative estimate of drug-likeness (QED) is 0.865. The van der Waals surface area contributed by atoms with Gasteiger partial charge in [-0.25, -0.2) is 4.79 Å². The Kier molecular flexibility index (Phi) is 5.28.